The van der Waals surface area contributed by atoms with E-state index in [0.29, 0.717) is 16.9 Å². The second kappa shape index (κ2) is 3.31. The van der Waals surface area contributed by atoms with Crippen LogP contribution >= 0.6 is 11.3 Å². The number of rotatable bonds is 0. The summed E-state index contributed by atoms with van der Waals surface area (Å²) in [5.41, 5.74) is 0.690. The van der Waals surface area contributed by atoms with E-state index in [-0.39, 0.29) is 15.6 Å². The van der Waals surface area contributed by atoms with Gasteiger partial charge in [-0.05, 0) is 26.8 Å². The smallest absolute Gasteiger partial charge is 0.247 e. The molecular weight excluding hydrogens is 212 g/mol. The van der Waals surface area contributed by atoms with Crippen LogP contribution in [0.1, 0.15) is 16.2 Å². The van der Waals surface area contributed by atoms with E-state index < -0.39 is 0 Å². The third kappa shape index (κ3) is 1.51. The highest BCUT2D eigenvalue weighted by Crippen LogP contribution is 2.15. The lowest BCUT2D eigenvalue weighted by Crippen LogP contribution is -2.14. The molecule has 2 aromatic rings. The normalized spacial score (nSPS) is 10.9. The molecule has 4 heteroatoms. The van der Waals surface area contributed by atoms with Gasteiger partial charge in [-0.15, -0.1) is 0 Å². The molecule has 0 aliphatic heterocycles. The quantitative estimate of drug-likeness (QED) is 0.686. The van der Waals surface area contributed by atoms with Gasteiger partial charge in [-0.1, -0.05) is 11.3 Å². The van der Waals surface area contributed by atoms with E-state index in [1.807, 2.05) is 6.92 Å². The van der Waals surface area contributed by atoms with E-state index in [1.165, 1.54) is 0 Å². The van der Waals surface area contributed by atoms with Crippen molar-refractivity contribution in [2.75, 3.05) is 0 Å². The van der Waals surface area contributed by atoms with Gasteiger partial charge < -0.3 is 4.42 Å². The van der Waals surface area contributed by atoms with Crippen molar-refractivity contribution in [3.8, 4) is 0 Å². The van der Waals surface area contributed by atoms with Gasteiger partial charge in [0.1, 0.15) is 16.7 Å². The van der Waals surface area contributed by atoms with Crippen molar-refractivity contribution in [3.63, 3.8) is 0 Å². The third-order valence-corrected chi connectivity index (χ3v) is 3.23. The molecule has 2 aromatic heterocycles. The minimum atomic E-state index is -0.221. The van der Waals surface area contributed by atoms with Gasteiger partial charge in [-0.25, -0.2) is 0 Å². The lowest BCUT2D eigenvalue weighted by molar-refractivity contribution is 0.558. The van der Waals surface area contributed by atoms with Crippen molar-refractivity contribution >= 4 is 22.3 Å². The molecule has 0 amide bonds. The first kappa shape index (κ1) is 10.1. The Hall–Kier alpha value is -1.42. The fourth-order valence-electron chi connectivity index (χ4n) is 1.46. The Morgan fingerprint density at radius 3 is 2.53 bits per heavy atom. The van der Waals surface area contributed by atoms with E-state index in [1.54, 1.807) is 19.9 Å². The molecule has 0 spiro atoms. The van der Waals surface area contributed by atoms with E-state index in [0.717, 1.165) is 16.2 Å². The third-order valence-electron chi connectivity index (χ3n) is 2.40. The Bertz CT molecular complexity index is 649. The molecule has 78 valence electrons. The number of hydrogen-bond donors (Lipinski definition) is 0. The van der Waals surface area contributed by atoms with Crippen LogP contribution in [0.2, 0.25) is 0 Å². The van der Waals surface area contributed by atoms with Crippen molar-refractivity contribution in [3.05, 3.63) is 42.0 Å². The zero-order chi connectivity index (χ0) is 11.2. The van der Waals surface area contributed by atoms with Crippen LogP contribution < -0.4 is 10.2 Å². The summed E-state index contributed by atoms with van der Waals surface area (Å²) in [6, 6.07) is 1.73. The monoisotopic (exact) mass is 222 g/mol. The van der Waals surface area contributed by atoms with Gasteiger partial charge in [0.25, 0.3) is 0 Å². The van der Waals surface area contributed by atoms with Crippen molar-refractivity contribution in [1.29, 1.82) is 0 Å². The van der Waals surface area contributed by atoms with Crippen LogP contribution in [0.4, 0.5) is 0 Å². The lowest BCUT2D eigenvalue weighted by Gasteiger charge is -2.01. The van der Waals surface area contributed by atoms with Crippen LogP contribution in [0, 0.1) is 20.8 Å². The Kier molecular flexibility index (Phi) is 2.23. The molecule has 0 saturated carbocycles. The van der Waals surface area contributed by atoms with Gasteiger partial charge in [0.15, 0.2) is 0 Å². The average Bonchev–Trinajstić information content (AvgIpc) is 2.13. The topological polar surface area (TPSA) is 47.3 Å². The molecule has 0 radical (unpaired) electrons. The van der Waals surface area contributed by atoms with E-state index in [4.69, 9.17) is 4.42 Å². The standard InChI is InChI=1S/C11H10O3S/c1-5-4-8-9(11(13)15-5)10(12)6(2)7(3)14-8/h4H,1-3H3. The summed E-state index contributed by atoms with van der Waals surface area (Å²) in [5.74, 6) is 0.572. The summed E-state index contributed by atoms with van der Waals surface area (Å²) in [5, 5.41) is 0.175. The molecule has 0 N–H and O–H groups in total. The van der Waals surface area contributed by atoms with Gasteiger partial charge in [-0.3, -0.25) is 9.59 Å². The molecule has 0 aromatic carbocycles. The molecule has 0 saturated heterocycles. The summed E-state index contributed by atoms with van der Waals surface area (Å²) in [6.45, 7) is 5.22. The summed E-state index contributed by atoms with van der Waals surface area (Å²) in [4.78, 5) is 24.3. The van der Waals surface area contributed by atoms with Crippen molar-refractivity contribution < 1.29 is 4.42 Å². The van der Waals surface area contributed by atoms with Crippen molar-refractivity contribution in [1.82, 2.24) is 0 Å². The maximum atomic E-state index is 11.8. The van der Waals surface area contributed by atoms with E-state index in [9.17, 15) is 9.59 Å². The first-order valence-electron chi connectivity index (χ1n) is 4.55. The van der Waals surface area contributed by atoms with E-state index >= 15 is 0 Å². The highest BCUT2D eigenvalue weighted by Gasteiger charge is 2.11. The van der Waals surface area contributed by atoms with Crippen LogP contribution in [0.3, 0.4) is 0 Å². The Morgan fingerprint density at radius 2 is 1.87 bits per heavy atom. The second-order valence-electron chi connectivity index (χ2n) is 3.50. The fourth-order valence-corrected chi connectivity index (χ4v) is 2.21. The summed E-state index contributed by atoms with van der Waals surface area (Å²) in [6.07, 6.45) is 0. The number of fused-ring (bicyclic) bond motifs is 1. The minimum absolute atomic E-state index is 0.175. The predicted octanol–water partition coefficient (Wildman–Crippen LogP) is 2.14. The molecular formula is C11H10O3S. The van der Waals surface area contributed by atoms with Crippen LogP contribution in [-0.4, -0.2) is 0 Å². The van der Waals surface area contributed by atoms with Crippen LogP contribution in [0.5, 0.6) is 0 Å². The first-order valence-corrected chi connectivity index (χ1v) is 5.37. The van der Waals surface area contributed by atoms with Crippen LogP contribution in [0.15, 0.2) is 20.1 Å². The van der Waals surface area contributed by atoms with Gasteiger partial charge >= 0.3 is 0 Å². The van der Waals surface area contributed by atoms with Crippen LogP contribution in [-0.2, 0) is 0 Å². The van der Waals surface area contributed by atoms with Gasteiger partial charge in [0, 0.05) is 10.4 Å². The SMILES string of the molecule is Cc1cc2oc(C)c(C)c(=O)c2c(=O)s1. The Morgan fingerprint density at radius 1 is 1.20 bits per heavy atom. The lowest BCUT2D eigenvalue weighted by atomic mass is 10.2. The van der Waals surface area contributed by atoms with Crippen molar-refractivity contribution in [2.24, 2.45) is 0 Å². The number of aryl methyl sites for hydroxylation is 2. The maximum absolute atomic E-state index is 11.8. The molecule has 2 heterocycles. The molecule has 2 rings (SSSR count). The molecule has 0 aliphatic rings. The zero-order valence-corrected chi connectivity index (χ0v) is 9.53. The summed E-state index contributed by atoms with van der Waals surface area (Å²) in [7, 11) is 0. The zero-order valence-electron chi connectivity index (χ0n) is 8.71. The van der Waals surface area contributed by atoms with Gasteiger partial charge in [0.2, 0.25) is 10.2 Å². The molecule has 0 unspecified atom stereocenters. The average molecular weight is 222 g/mol. The first-order chi connectivity index (χ1) is 7.00. The van der Waals surface area contributed by atoms with Crippen molar-refractivity contribution in [2.45, 2.75) is 20.8 Å². The Balaban J connectivity index is 3.13. The van der Waals surface area contributed by atoms with E-state index in [2.05, 4.69) is 0 Å². The highest BCUT2D eigenvalue weighted by atomic mass is 32.1. The van der Waals surface area contributed by atoms with Gasteiger partial charge in [0.05, 0.1) is 0 Å². The molecule has 0 atom stereocenters. The second-order valence-corrected chi connectivity index (χ2v) is 4.71. The van der Waals surface area contributed by atoms with Crippen LogP contribution in [0.25, 0.3) is 11.0 Å². The molecule has 15 heavy (non-hydrogen) atoms. The Labute approximate surface area is 90.0 Å². The van der Waals surface area contributed by atoms with Gasteiger partial charge in [-0.2, -0.15) is 0 Å². The highest BCUT2D eigenvalue weighted by molar-refractivity contribution is 7.09. The minimum Gasteiger partial charge on any atom is -0.461 e. The fraction of sp³-hybridized carbons (Fsp3) is 0.273. The number of hydrogen-bond acceptors (Lipinski definition) is 4. The summed E-state index contributed by atoms with van der Waals surface area (Å²) < 4.78 is 5.22. The largest absolute Gasteiger partial charge is 0.461 e. The molecule has 0 fully saturated rings. The molecule has 0 aliphatic carbocycles. The summed E-state index contributed by atoms with van der Waals surface area (Å²) >= 11 is 1.07. The molecule has 3 nitrogen and oxygen atoms in total. The molecule has 0 bridgehead atoms. The maximum Gasteiger partial charge on any atom is 0.247 e. The predicted molar refractivity (Wildman–Crippen MR) is 60.8 cm³/mol.